The van der Waals surface area contributed by atoms with Gasteiger partial charge < -0.3 is 21.7 Å². The minimum Gasteiger partial charge on any atom is -0.382 e. The van der Waals surface area contributed by atoms with Crippen LogP contribution >= 0.6 is 17.0 Å². The second-order valence-electron chi connectivity index (χ2n) is 5.63. The third-order valence-electron chi connectivity index (χ3n) is 3.51. The molecule has 9 nitrogen and oxygen atoms in total. The van der Waals surface area contributed by atoms with Gasteiger partial charge in [-0.15, -0.1) is 17.0 Å². The molecule has 0 bridgehead atoms. The number of rotatable bonds is 4. The number of aromatic nitrogens is 4. The molecule has 0 saturated heterocycles. The molecule has 0 saturated carbocycles. The molecule has 0 aliphatic carbocycles. The molecule has 3 rings (SSSR count). The number of nitrogens with zero attached hydrogens (tertiary/aromatic N) is 5. The fraction of sp³-hybridized carbons (Fsp3) is 0.188. The van der Waals surface area contributed by atoms with Crippen LogP contribution in [-0.4, -0.2) is 44.8 Å². The van der Waals surface area contributed by atoms with Gasteiger partial charge in [-0.2, -0.15) is 9.97 Å². The average Bonchev–Trinajstić information content (AvgIpc) is 2.60. The lowest BCUT2D eigenvalue weighted by molar-refractivity contribution is 0.0827. The van der Waals surface area contributed by atoms with Gasteiger partial charge in [0.2, 0.25) is 5.95 Å². The SMILES string of the molecule is Br.CN(C)C(=O)c1ccc(NCc2cnc3nc(N)nc(N)c3n2)cc1. The maximum absolute atomic E-state index is 11.9. The molecule has 0 fully saturated rings. The van der Waals surface area contributed by atoms with Crippen LogP contribution in [0.15, 0.2) is 30.5 Å². The van der Waals surface area contributed by atoms with Crippen molar-refractivity contribution in [2.45, 2.75) is 6.54 Å². The fourth-order valence-electron chi connectivity index (χ4n) is 2.25. The summed E-state index contributed by atoms with van der Waals surface area (Å²) in [5.41, 5.74) is 14.3. The van der Waals surface area contributed by atoms with E-state index in [-0.39, 0.29) is 34.7 Å². The number of nitrogen functional groups attached to an aromatic ring is 2. The molecule has 2 heterocycles. The van der Waals surface area contributed by atoms with Crippen LogP contribution in [0.5, 0.6) is 0 Å². The standard InChI is InChI=1S/C16H18N8O.BrH/c1-24(2)15(25)9-3-5-10(6-4-9)19-7-11-8-20-14-12(21-11)13(17)22-16(18)23-14;/h3-6,8,19H,7H2,1-2H3,(H4,17,18,20,22,23);1H. The molecule has 26 heavy (non-hydrogen) atoms. The number of amides is 1. The predicted octanol–water partition coefficient (Wildman–Crippen LogP) is 1.48. The summed E-state index contributed by atoms with van der Waals surface area (Å²) in [7, 11) is 3.44. The number of nitrogens with one attached hydrogen (secondary N) is 1. The minimum absolute atomic E-state index is 0. The lowest BCUT2D eigenvalue weighted by Crippen LogP contribution is -2.21. The van der Waals surface area contributed by atoms with Crippen LogP contribution in [0.3, 0.4) is 0 Å². The van der Waals surface area contributed by atoms with E-state index in [1.165, 1.54) is 4.90 Å². The monoisotopic (exact) mass is 418 g/mol. The van der Waals surface area contributed by atoms with Crippen molar-refractivity contribution in [1.82, 2.24) is 24.8 Å². The van der Waals surface area contributed by atoms with Crippen molar-refractivity contribution < 1.29 is 4.79 Å². The zero-order valence-corrected chi connectivity index (χ0v) is 16.0. The molecule has 1 amide bonds. The number of anilines is 3. The smallest absolute Gasteiger partial charge is 0.253 e. The second-order valence-corrected chi connectivity index (χ2v) is 5.63. The third kappa shape index (κ3) is 4.14. The molecule has 2 aromatic heterocycles. The van der Waals surface area contributed by atoms with Crippen LogP contribution in [0.2, 0.25) is 0 Å². The molecular formula is C16H19BrN8O. The van der Waals surface area contributed by atoms with Gasteiger partial charge >= 0.3 is 0 Å². The number of nitrogens with two attached hydrogens (primary N) is 2. The van der Waals surface area contributed by atoms with Crippen molar-refractivity contribution >= 4 is 51.5 Å². The zero-order valence-electron chi connectivity index (χ0n) is 14.3. The van der Waals surface area contributed by atoms with Gasteiger partial charge in [0.15, 0.2) is 17.0 Å². The fourth-order valence-corrected chi connectivity index (χ4v) is 2.25. The highest BCUT2D eigenvalue weighted by Crippen LogP contribution is 2.16. The molecule has 0 spiro atoms. The second kappa shape index (κ2) is 7.91. The number of halogens is 1. The van der Waals surface area contributed by atoms with E-state index in [1.54, 1.807) is 32.4 Å². The lowest BCUT2D eigenvalue weighted by atomic mass is 10.2. The number of carbonyl (C=O) groups is 1. The molecule has 3 aromatic rings. The van der Waals surface area contributed by atoms with Crippen LogP contribution in [0.4, 0.5) is 17.5 Å². The first-order chi connectivity index (χ1) is 11.9. The van der Waals surface area contributed by atoms with Gasteiger partial charge in [-0.05, 0) is 24.3 Å². The summed E-state index contributed by atoms with van der Waals surface area (Å²) in [6.07, 6.45) is 1.60. The maximum Gasteiger partial charge on any atom is 0.253 e. The zero-order chi connectivity index (χ0) is 18.0. The van der Waals surface area contributed by atoms with E-state index >= 15 is 0 Å². The van der Waals surface area contributed by atoms with Crippen molar-refractivity contribution in [1.29, 1.82) is 0 Å². The normalized spacial score (nSPS) is 10.2. The van der Waals surface area contributed by atoms with Crippen LogP contribution < -0.4 is 16.8 Å². The number of benzene rings is 1. The van der Waals surface area contributed by atoms with Gasteiger partial charge in [-0.25, -0.2) is 9.97 Å². The Morgan fingerprint density at radius 1 is 1.12 bits per heavy atom. The van der Waals surface area contributed by atoms with Crippen molar-refractivity contribution in [2.24, 2.45) is 0 Å². The molecule has 5 N–H and O–H groups in total. The summed E-state index contributed by atoms with van der Waals surface area (Å²) in [6.45, 7) is 0.438. The van der Waals surface area contributed by atoms with Crippen molar-refractivity contribution in [3.8, 4) is 0 Å². The highest BCUT2D eigenvalue weighted by Gasteiger charge is 2.09. The Labute approximate surface area is 160 Å². The quantitative estimate of drug-likeness (QED) is 0.579. The first kappa shape index (κ1) is 19.3. The summed E-state index contributed by atoms with van der Waals surface area (Å²) in [5.74, 6) is 0.225. The molecule has 0 aliphatic rings. The Morgan fingerprint density at radius 2 is 1.81 bits per heavy atom. The lowest BCUT2D eigenvalue weighted by Gasteiger charge is -2.11. The van der Waals surface area contributed by atoms with Gasteiger partial charge in [0.25, 0.3) is 5.91 Å². The molecule has 0 atom stereocenters. The Bertz CT molecular complexity index is 929. The van der Waals surface area contributed by atoms with Crippen LogP contribution in [-0.2, 0) is 6.54 Å². The highest BCUT2D eigenvalue weighted by atomic mass is 79.9. The summed E-state index contributed by atoms with van der Waals surface area (Å²) in [4.78, 5) is 29.9. The van der Waals surface area contributed by atoms with E-state index in [9.17, 15) is 4.79 Å². The maximum atomic E-state index is 11.9. The number of hydrogen-bond acceptors (Lipinski definition) is 8. The van der Waals surface area contributed by atoms with Gasteiger partial charge in [-0.1, -0.05) is 0 Å². The average molecular weight is 419 g/mol. The van der Waals surface area contributed by atoms with Gasteiger partial charge in [0.1, 0.15) is 0 Å². The number of fused-ring (bicyclic) bond motifs is 1. The Morgan fingerprint density at radius 3 is 2.46 bits per heavy atom. The predicted molar refractivity (Wildman–Crippen MR) is 106 cm³/mol. The van der Waals surface area contributed by atoms with Crippen molar-refractivity contribution in [2.75, 3.05) is 30.9 Å². The van der Waals surface area contributed by atoms with E-state index < -0.39 is 0 Å². The van der Waals surface area contributed by atoms with Gasteiger partial charge in [0, 0.05) is 25.3 Å². The minimum atomic E-state index is -0.0401. The molecule has 0 aliphatic heterocycles. The van der Waals surface area contributed by atoms with Crippen LogP contribution in [0.1, 0.15) is 16.1 Å². The molecule has 0 radical (unpaired) electrons. The summed E-state index contributed by atoms with van der Waals surface area (Å²) >= 11 is 0. The first-order valence-corrected chi connectivity index (χ1v) is 7.54. The summed E-state index contributed by atoms with van der Waals surface area (Å²) in [5, 5.41) is 3.22. The van der Waals surface area contributed by atoms with E-state index in [2.05, 4.69) is 25.3 Å². The molecule has 10 heteroatoms. The van der Waals surface area contributed by atoms with Crippen molar-refractivity contribution in [3.63, 3.8) is 0 Å². The molecular weight excluding hydrogens is 400 g/mol. The van der Waals surface area contributed by atoms with Crippen LogP contribution in [0, 0.1) is 0 Å². The Balaban J connectivity index is 0.00000243. The van der Waals surface area contributed by atoms with Gasteiger partial charge in [-0.3, -0.25) is 4.79 Å². The largest absolute Gasteiger partial charge is 0.382 e. The number of carbonyl (C=O) groups excluding carboxylic acids is 1. The Kier molecular flexibility index (Phi) is 5.88. The first-order valence-electron chi connectivity index (χ1n) is 7.54. The van der Waals surface area contributed by atoms with Gasteiger partial charge in [0.05, 0.1) is 18.4 Å². The highest BCUT2D eigenvalue weighted by molar-refractivity contribution is 8.93. The van der Waals surface area contributed by atoms with Crippen LogP contribution in [0.25, 0.3) is 11.2 Å². The Hall–Kier alpha value is -3.01. The molecule has 0 unspecified atom stereocenters. The summed E-state index contributed by atoms with van der Waals surface area (Å²) < 4.78 is 0. The third-order valence-corrected chi connectivity index (χ3v) is 3.51. The molecule has 1 aromatic carbocycles. The van der Waals surface area contributed by atoms with E-state index in [1.807, 2.05) is 12.1 Å². The topological polar surface area (TPSA) is 136 Å². The van der Waals surface area contributed by atoms with E-state index in [4.69, 9.17) is 11.5 Å². The van der Waals surface area contributed by atoms with Crippen molar-refractivity contribution in [3.05, 3.63) is 41.7 Å². The molecule has 136 valence electrons. The van der Waals surface area contributed by atoms with E-state index in [0.717, 1.165) is 5.69 Å². The number of hydrogen-bond donors (Lipinski definition) is 3. The summed E-state index contributed by atoms with van der Waals surface area (Å²) in [6, 6.07) is 7.21. The van der Waals surface area contributed by atoms with E-state index in [0.29, 0.717) is 29.0 Å².